The Morgan fingerprint density at radius 1 is 0.821 bits per heavy atom. The van der Waals surface area contributed by atoms with Gasteiger partial charge in [0.1, 0.15) is 5.75 Å². The van der Waals surface area contributed by atoms with Gasteiger partial charge in [-0.1, -0.05) is 18.2 Å². The van der Waals surface area contributed by atoms with Crippen molar-refractivity contribution in [3.8, 4) is 23.0 Å². The van der Waals surface area contributed by atoms with Crippen LogP contribution >= 0.6 is 0 Å². The van der Waals surface area contributed by atoms with Crippen LogP contribution in [-0.2, 0) is 0 Å². The smallest absolute Gasteiger partial charge is 0.203 e. The Labute approximate surface area is 167 Å². The molecule has 2 aromatic rings. The maximum Gasteiger partial charge on any atom is 0.203 e. The van der Waals surface area contributed by atoms with Gasteiger partial charge in [0.25, 0.3) is 0 Å². The lowest BCUT2D eigenvalue weighted by Crippen LogP contribution is -2.33. The second-order valence-corrected chi connectivity index (χ2v) is 6.74. The van der Waals surface area contributed by atoms with Crippen LogP contribution in [0.15, 0.2) is 36.4 Å². The molecule has 1 heterocycles. The SMILES string of the molecule is COc1ccccc1C(c1cc(OC)c(OC)c(OC)c1)N1CCCNCC1. The van der Waals surface area contributed by atoms with Gasteiger partial charge in [-0.3, -0.25) is 4.90 Å². The highest BCUT2D eigenvalue weighted by molar-refractivity contribution is 5.56. The molecule has 1 aliphatic heterocycles. The maximum atomic E-state index is 5.70. The van der Waals surface area contributed by atoms with E-state index in [-0.39, 0.29) is 6.04 Å². The van der Waals surface area contributed by atoms with Crippen LogP contribution in [0.25, 0.3) is 0 Å². The van der Waals surface area contributed by atoms with Gasteiger partial charge in [0.15, 0.2) is 11.5 Å². The quantitative estimate of drug-likeness (QED) is 0.789. The summed E-state index contributed by atoms with van der Waals surface area (Å²) in [6.07, 6.45) is 1.09. The van der Waals surface area contributed by atoms with Crippen LogP contribution in [0.1, 0.15) is 23.6 Å². The summed E-state index contributed by atoms with van der Waals surface area (Å²) in [6, 6.07) is 12.3. The number of nitrogens with zero attached hydrogens (tertiary/aromatic N) is 1. The van der Waals surface area contributed by atoms with Crippen molar-refractivity contribution in [2.45, 2.75) is 12.5 Å². The fraction of sp³-hybridized carbons (Fsp3) is 0.455. The first kappa shape index (κ1) is 20.3. The Morgan fingerprint density at radius 2 is 1.50 bits per heavy atom. The third-order valence-corrected chi connectivity index (χ3v) is 5.18. The number of hydrogen-bond donors (Lipinski definition) is 1. The van der Waals surface area contributed by atoms with Crippen LogP contribution in [0, 0.1) is 0 Å². The summed E-state index contributed by atoms with van der Waals surface area (Å²) >= 11 is 0. The zero-order chi connectivity index (χ0) is 19.9. The van der Waals surface area contributed by atoms with Crippen molar-refractivity contribution in [3.63, 3.8) is 0 Å². The molecule has 1 N–H and O–H groups in total. The second-order valence-electron chi connectivity index (χ2n) is 6.74. The largest absolute Gasteiger partial charge is 0.496 e. The lowest BCUT2D eigenvalue weighted by molar-refractivity contribution is 0.234. The van der Waals surface area contributed by atoms with Crippen molar-refractivity contribution < 1.29 is 18.9 Å². The molecule has 0 aliphatic carbocycles. The third kappa shape index (κ3) is 4.18. The molecular weight excluding hydrogens is 356 g/mol. The van der Waals surface area contributed by atoms with Crippen LogP contribution < -0.4 is 24.3 Å². The van der Waals surface area contributed by atoms with Crippen molar-refractivity contribution in [3.05, 3.63) is 47.5 Å². The van der Waals surface area contributed by atoms with E-state index in [4.69, 9.17) is 18.9 Å². The molecule has 0 aromatic heterocycles. The zero-order valence-electron chi connectivity index (χ0n) is 17.2. The van der Waals surface area contributed by atoms with E-state index in [2.05, 4.69) is 22.3 Å². The predicted molar refractivity (Wildman–Crippen MR) is 110 cm³/mol. The number of methoxy groups -OCH3 is 4. The molecule has 0 radical (unpaired) electrons. The van der Waals surface area contributed by atoms with E-state index in [1.54, 1.807) is 28.4 Å². The van der Waals surface area contributed by atoms with Gasteiger partial charge in [-0.2, -0.15) is 0 Å². The van der Waals surface area contributed by atoms with Crippen LogP contribution in [0.3, 0.4) is 0 Å². The molecule has 0 bridgehead atoms. The molecular formula is C22H30N2O4. The summed E-state index contributed by atoms with van der Waals surface area (Å²) in [5.74, 6) is 2.79. The fourth-order valence-electron chi connectivity index (χ4n) is 3.86. The molecule has 1 unspecified atom stereocenters. The fourth-order valence-corrected chi connectivity index (χ4v) is 3.86. The molecule has 6 heteroatoms. The van der Waals surface area contributed by atoms with Gasteiger partial charge in [-0.05, 0) is 36.7 Å². The Balaban J connectivity index is 2.16. The van der Waals surface area contributed by atoms with Crippen molar-refractivity contribution in [1.29, 1.82) is 0 Å². The van der Waals surface area contributed by atoms with Crippen LogP contribution in [-0.4, -0.2) is 59.5 Å². The number of benzene rings is 2. The van der Waals surface area contributed by atoms with Gasteiger partial charge in [0.2, 0.25) is 5.75 Å². The molecule has 1 fully saturated rings. The van der Waals surface area contributed by atoms with Gasteiger partial charge in [0.05, 0.1) is 34.5 Å². The lowest BCUT2D eigenvalue weighted by atomic mass is 9.95. The number of para-hydroxylation sites is 1. The first-order valence-corrected chi connectivity index (χ1v) is 9.61. The van der Waals surface area contributed by atoms with Gasteiger partial charge < -0.3 is 24.3 Å². The summed E-state index contributed by atoms with van der Waals surface area (Å²) in [7, 11) is 6.64. The molecule has 1 atom stereocenters. The van der Waals surface area contributed by atoms with Crippen LogP contribution in [0.4, 0.5) is 0 Å². The second kappa shape index (κ2) is 9.66. The van der Waals surface area contributed by atoms with Crippen LogP contribution in [0.2, 0.25) is 0 Å². The number of nitrogens with one attached hydrogen (secondary N) is 1. The average Bonchev–Trinajstić information content (AvgIpc) is 3.02. The van der Waals surface area contributed by atoms with E-state index in [0.29, 0.717) is 17.2 Å². The van der Waals surface area contributed by atoms with E-state index in [1.165, 1.54) is 0 Å². The van der Waals surface area contributed by atoms with Crippen molar-refractivity contribution >= 4 is 0 Å². The Bertz CT molecular complexity index is 748. The first-order valence-electron chi connectivity index (χ1n) is 9.61. The minimum absolute atomic E-state index is 0.0183. The van der Waals surface area contributed by atoms with E-state index in [9.17, 15) is 0 Å². The summed E-state index contributed by atoms with van der Waals surface area (Å²) in [5, 5.41) is 3.48. The molecule has 6 nitrogen and oxygen atoms in total. The zero-order valence-corrected chi connectivity index (χ0v) is 17.2. The molecule has 1 saturated heterocycles. The van der Waals surface area contributed by atoms with Gasteiger partial charge in [-0.15, -0.1) is 0 Å². The lowest BCUT2D eigenvalue weighted by Gasteiger charge is -2.32. The van der Waals surface area contributed by atoms with Crippen LogP contribution in [0.5, 0.6) is 23.0 Å². The summed E-state index contributed by atoms with van der Waals surface area (Å²) in [5.41, 5.74) is 2.21. The average molecular weight is 386 g/mol. The van der Waals surface area contributed by atoms with E-state index >= 15 is 0 Å². The number of ether oxygens (including phenoxy) is 4. The molecule has 1 aliphatic rings. The third-order valence-electron chi connectivity index (χ3n) is 5.18. The van der Waals surface area contributed by atoms with E-state index < -0.39 is 0 Å². The molecule has 152 valence electrons. The van der Waals surface area contributed by atoms with Gasteiger partial charge in [-0.25, -0.2) is 0 Å². The summed E-state index contributed by atoms with van der Waals surface area (Å²) in [4.78, 5) is 2.48. The minimum atomic E-state index is 0.0183. The maximum absolute atomic E-state index is 5.70. The first-order chi connectivity index (χ1) is 13.7. The van der Waals surface area contributed by atoms with Crippen molar-refractivity contribution in [2.75, 3.05) is 54.6 Å². The Kier molecular flexibility index (Phi) is 7.01. The van der Waals surface area contributed by atoms with Gasteiger partial charge >= 0.3 is 0 Å². The highest BCUT2D eigenvalue weighted by Crippen LogP contribution is 2.43. The topological polar surface area (TPSA) is 52.2 Å². The standard InChI is InChI=1S/C22H30N2O4/c1-25-18-9-6-5-8-17(18)21(24-12-7-10-23-11-13-24)16-14-19(26-2)22(28-4)20(15-16)27-3/h5-6,8-9,14-15,21,23H,7,10-13H2,1-4H3. The van der Waals surface area contributed by atoms with E-state index in [0.717, 1.165) is 49.5 Å². The molecule has 0 amide bonds. The normalized spacial score (nSPS) is 16.1. The summed E-state index contributed by atoms with van der Waals surface area (Å²) < 4.78 is 22.4. The Hall–Kier alpha value is -2.44. The number of rotatable bonds is 7. The molecule has 0 saturated carbocycles. The molecule has 2 aromatic carbocycles. The predicted octanol–water partition coefficient (Wildman–Crippen LogP) is 3.11. The van der Waals surface area contributed by atoms with Gasteiger partial charge in [0, 0.05) is 25.2 Å². The van der Waals surface area contributed by atoms with E-state index in [1.807, 2.05) is 24.3 Å². The highest BCUT2D eigenvalue weighted by Gasteiger charge is 2.28. The number of hydrogen-bond acceptors (Lipinski definition) is 6. The minimum Gasteiger partial charge on any atom is -0.496 e. The molecule has 0 spiro atoms. The molecule has 28 heavy (non-hydrogen) atoms. The summed E-state index contributed by atoms with van der Waals surface area (Å²) in [6.45, 7) is 3.92. The Morgan fingerprint density at radius 3 is 2.14 bits per heavy atom. The molecule has 3 rings (SSSR count). The van der Waals surface area contributed by atoms with Crippen molar-refractivity contribution in [1.82, 2.24) is 10.2 Å². The van der Waals surface area contributed by atoms with Crippen molar-refractivity contribution in [2.24, 2.45) is 0 Å². The highest BCUT2D eigenvalue weighted by atomic mass is 16.5. The monoisotopic (exact) mass is 386 g/mol.